The second kappa shape index (κ2) is 10.4. The summed E-state index contributed by atoms with van der Waals surface area (Å²) >= 11 is 0. The van der Waals surface area contributed by atoms with Gasteiger partial charge in [-0.3, -0.25) is 4.79 Å². The molecule has 1 N–H and O–H groups in total. The minimum atomic E-state index is 0.110. The summed E-state index contributed by atoms with van der Waals surface area (Å²) in [5, 5.41) is 12.1. The van der Waals surface area contributed by atoms with Crippen molar-refractivity contribution in [1.82, 2.24) is 15.5 Å². The lowest BCUT2D eigenvalue weighted by atomic mass is 9.96. The number of aromatic nitrogens is 2. The second-order valence-electron chi connectivity index (χ2n) is 8.44. The maximum absolute atomic E-state index is 12.5. The highest BCUT2D eigenvalue weighted by Gasteiger charge is 2.25. The number of nitrogens with one attached hydrogen (secondary N) is 1. The molecule has 2 aliphatic heterocycles. The average molecular weight is 408 g/mol. The molecule has 2 fully saturated rings. The van der Waals surface area contributed by atoms with Crippen molar-refractivity contribution in [2.45, 2.75) is 44.9 Å². The molecule has 1 aromatic heterocycles. The van der Waals surface area contributed by atoms with E-state index >= 15 is 0 Å². The number of hydrogen-bond acceptors (Lipinski definition) is 5. The number of aryl methyl sites for hydroxylation is 1. The summed E-state index contributed by atoms with van der Waals surface area (Å²) in [6.45, 7) is 4.64. The molecule has 1 amide bonds. The summed E-state index contributed by atoms with van der Waals surface area (Å²) in [5.74, 6) is 2.23. The Morgan fingerprint density at radius 3 is 2.13 bits per heavy atom. The van der Waals surface area contributed by atoms with Gasteiger partial charge in [-0.1, -0.05) is 30.3 Å². The Morgan fingerprint density at radius 2 is 1.50 bits per heavy atom. The van der Waals surface area contributed by atoms with Gasteiger partial charge in [0.2, 0.25) is 5.91 Å². The molecule has 3 heterocycles. The van der Waals surface area contributed by atoms with Gasteiger partial charge in [0, 0.05) is 38.6 Å². The number of nitrogens with zero attached hydrogens (tertiary/aromatic N) is 4. The highest BCUT2D eigenvalue weighted by molar-refractivity contribution is 5.78. The summed E-state index contributed by atoms with van der Waals surface area (Å²) in [6, 6.07) is 14.6. The number of amides is 1. The Bertz CT molecular complexity index is 781. The van der Waals surface area contributed by atoms with Gasteiger partial charge in [-0.2, -0.15) is 0 Å². The molecule has 0 unspecified atom stereocenters. The predicted molar refractivity (Wildman–Crippen MR) is 121 cm³/mol. The number of hydrogen-bond donors (Lipinski definition) is 1. The molecule has 2 saturated heterocycles. The van der Waals surface area contributed by atoms with E-state index in [1.807, 2.05) is 6.07 Å². The van der Waals surface area contributed by atoms with E-state index in [4.69, 9.17) is 0 Å². The van der Waals surface area contributed by atoms with Crippen LogP contribution in [0, 0.1) is 5.92 Å². The maximum Gasteiger partial charge on any atom is 0.223 e. The highest BCUT2D eigenvalue weighted by atomic mass is 16.1. The van der Waals surface area contributed by atoms with Crippen LogP contribution in [-0.2, 0) is 11.2 Å². The minimum Gasteiger partial charge on any atom is -0.356 e. The molecule has 0 spiro atoms. The van der Waals surface area contributed by atoms with Crippen molar-refractivity contribution in [2.75, 3.05) is 42.5 Å². The van der Waals surface area contributed by atoms with Crippen LogP contribution in [0.2, 0.25) is 0 Å². The first kappa shape index (κ1) is 20.6. The fourth-order valence-electron chi connectivity index (χ4n) is 4.44. The van der Waals surface area contributed by atoms with E-state index in [-0.39, 0.29) is 11.8 Å². The number of carbonyl (C=O) groups excluding carboxylic acids is 1. The van der Waals surface area contributed by atoms with Crippen LogP contribution in [0.4, 0.5) is 11.6 Å². The zero-order valence-electron chi connectivity index (χ0n) is 17.8. The van der Waals surface area contributed by atoms with Crippen molar-refractivity contribution in [1.29, 1.82) is 0 Å². The third-order valence-corrected chi connectivity index (χ3v) is 6.29. The Hall–Kier alpha value is -2.63. The van der Waals surface area contributed by atoms with Crippen molar-refractivity contribution in [2.24, 2.45) is 5.92 Å². The molecule has 160 valence electrons. The van der Waals surface area contributed by atoms with Gasteiger partial charge in [-0.15, -0.1) is 10.2 Å². The number of rotatable bonds is 7. The van der Waals surface area contributed by atoms with Crippen molar-refractivity contribution < 1.29 is 4.79 Å². The molecule has 30 heavy (non-hydrogen) atoms. The quantitative estimate of drug-likeness (QED) is 0.713. The van der Waals surface area contributed by atoms with E-state index in [9.17, 15) is 4.79 Å². The lowest BCUT2D eigenvalue weighted by molar-refractivity contribution is -0.125. The molecule has 6 nitrogen and oxygen atoms in total. The lowest BCUT2D eigenvalue weighted by Gasteiger charge is -2.32. The van der Waals surface area contributed by atoms with Crippen molar-refractivity contribution in [3.8, 4) is 0 Å². The SMILES string of the molecule is O=C(NCCCc1ccccc1)C1CCN(c2ccc(N3CCCCC3)nn2)CC1. The topological polar surface area (TPSA) is 61.4 Å². The molecule has 2 aromatic rings. The van der Waals surface area contributed by atoms with E-state index in [0.717, 1.165) is 70.0 Å². The molecule has 0 atom stereocenters. The number of benzene rings is 1. The molecule has 6 heteroatoms. The van der Waals surface area contributed by atoms with Crippen LogP contribution in [0.5, 0.6) is 0 Å². The van der Waals surface area contributed by atoms with Gasteiger partial charge in [0.05, 0.1) is 0 Å². The van der Waals surface area contributed by atoms with Crippen LogP contribution >= 0.6 is 0 Å². The maximum atomic E-state index is 12.5. The molecular formula is C24H33N5O. The summed E-state index contributed by atoms with van der Waals surface area (Å²) < 4.78 is 0. The van der Waals surface area contributed by atoms with E-state index in [2.05, 4.69) is 61.7 Å². The first-order valence-electron chi connectivity index (χ1n) is 11.4. The van der Waals surface area contributed by atoms with Crippen LogP contribution in [0.1, 0.15) is 44.1 Å². The van der Waals surface area contributed by atoms with E-state index in [0.29, 0.717) is 0 Å². The highest BCUT2D eigenvalue weighted by Crippen LogP contribution is 2.23. The molecule has 0 aliphatic carbocycles. The zero-order chi connectivity index (χ0) is 20.6. The minimum absolute atomic E-state index is 0.110. The molecular weight excluding hydrogens is 374 g/mol. The molecule has 0 bridgehead atoms. The van der Waals surface area contributed by atoms with Gasteiger partial charge in [0.15, 0.2) is 11.6 Å². The number of anilines is 2. The largest absolute Gasteiger partial charge is 0.356 e. The molecule has 4 rings (SSSR count). The monoisotopic (exact) mass is 407 g/mol. The first-order chi connectivity index (χ1) is 14.8. The summed E-state index contributed by atoms with van der Waals surface area (Å²) in [4.78, 5) is 17.1. The Labute approximate surface area is 179 Å². The van der Waals surface area contributed by atoms with Crippen LogP contribution in [-0.4, -0.2) is 48.8 Å². The summed E-state index contributed by atoms with van der Waals surface area (Å²) in [5.41, 5.74) is 1.33. The lowest BCUT2D eigenvalue weighted by Crippen LogP contribution is -2.41. The third-order valence-electron chi connectivity index (χ3n) is 6.29. The van der Waals surface area contributed by atoms with E-state index in [1.54, 1.807) is 0 Å². The Kier molecular flexibility index (Phi) is 7.16. The van der Waals surface area contributed by atoms with Crippen LogP contribution in [0.25, 0.3) is 0 Å². The molecule has 2 aliphatic rings. The zero-order valence-corrected chi connectivity index (χ0v) is 17.8. The van der Waals surface area contributed by atoms with Crippen molar-refractivity contribution in [3.05, 3.63) is 48.0 Å². The second-order valence-corrected chi connectivity index (χ2v) is 8.44. The van der Waals surface area contributed by atoms with Gasteiger partial charge in [0.1, 0.15) is 0 Å². The summed E-state index contributed by atoms with van der Waals surface area (Å²) in [6.07, 6.45) is 7.54. The van der Waals surface area contributed by atoms with E-state index < -0.39 is 0 Å². The number of piperidine rings is 2. The molecule has 1 aromatic carbocycles. The van der Waals surface area contributed by atoms with Crippen molar-refractivity contribution >= 4 is 17.5 Å². The smallest absolute Gasteiger partial charge is 0.223 e. The van der Waals surface area contributed by atoms with Gasteiger partial charge in [0.25, 0.3) is 0 Å². The predicted octanol–water partition coefficient (Wildman–Crippen LogP) is 3.43. The molecule has 0 radical (unpaired) electrons. The standard InChI is InChI=1S/C24H33N5O/c30-24(25-15-7-10-20-8-3-1-4-9-20)21-13-18-29(19-14-21)23-12-11-22(26-27-23)28-16-5-2-6-17-28/h1,3-4,8-9,11-12,21H,2,5-7,10,13-19H2,(H,25,30). The van der Waals surface area contributed by atoms with Crippen LogP contribution < -0.4 is 15.1 Å². The van der Waals surface area contributed by atoms with Gasteiger partial charge < -0.3 is 15.1 Å². The fraction of sp³-hybridized carbons (Fsp3) is 0.542. The average Bonchev–Trinajstić information content (AvgIpc) is 2.83. The first-order valence-corrected chi connectivity index (χ1v) is 11.4. The third kappa shape index (κ3) is 5.49. The fourth-order valence-corrected chi connectivity index (χ4v) is 4.44. The van der Waals surface area contributed by atoms with Crippen LogP contribution in [0.3, 0.4) is 0 Å². The van der Waals surface area contributed by atoms with Gasteiger partial charge in [-0.25, -0.2) is 0 Å². The van der Waals surface area contributed by atoms with Gasteiger partial charge in [-0.05, 0) is 62.6 Å². The Morgan fingerprint density at radius 1 is 0.867 bits per heavy atom. The summed E-state index contributed by atoms with van der Waals surface area (Å²) in [7, 11) is 0. The Balaban J connectivity index is 1.18. The van der Waals surface area contributed by atoms with E-state index in [1.165, 1.54) is 24.8 Å². The normalized spacial score (nSPS) is 17.7. The van der Waals surface area contributed by atoms with Crippen LogP contribution in [0.15, 0.2) is 42.5 Å². The number of carbonyl (C=O) groups is 1. The van der Waals surface area contributed by atoms with Crippen molar-refractivity contribution in [3.63, 3.8) is 0 Å². The van der Waals surface area contributed by atoms with Gasteiger partial charge >= 0.3 is 0 Å². The molecule has 0 saturated carbocycles.